The summed E-state index contributed by atoms with van der Waals surface area (Å²) in [7, 11) is -1.45. The number of carbonyl (C=O) groups is 1. The Morgan fingerprint density at radius 3 is 2.26 bits per heavy atom. The van der Waals surface area contributed by atoms with Gasteiger partial charge in [0.2, 0.25) is 0 Å². The van der Waals surface area contributed by atoms with Crippen molar-refractivity contribution in [1.29, 1.82) is 0 Å². The second kappa shape index (κ2) is 12.2. The van der Waals surface area contributed by atoms with Crippen molar-refractivity contribution in [2.24, 2.45) is 0 Å². The largest absolute Gasteiger partial charge is 1.00 e. The Morgan fingerprint density at radius 1 is 1.06 bits per heavy atom. The number of sulfonamides is 1. The van der Waals surface area contributed by atoms with Crippen LogP contribution in [0.3, 0.4) is 0 Å². The van der Waals surface area contributed by atoms with Gasteiger partial charge in [-0.3, -0.25) is 4.79 Å². The van der Waals surface area contributed by atoms with E-state index in [4.69, 9.17) is 9.47 Å². The molecule has 0 unspecified atom stereocenters. The molecule has 0 aliphatic rings. The predicted octanol–water partition coefficient (Wildman–Crippen LogP) is 2.96. The van der Waals surface area contributed by atoms with Crippen LogP contribution in [-0.4, -0.2) is 41.1 Å². The number of carbonyl (C=O) groups excluding carboxylic acids is 1. The maximum absolute atomic E-state index is 12.6. The molecule has 1 heterocycles. The summed E-state index contributed by atoms with van der Waals surface area (Å²) in [6.45, 7) is -1.81. The third kappa shape index (κ3) is 7.66. The Bertz CT molecular complexity index is 1290. The van der Waals surface area contributed by atoms with Crippen molar-refractivity contribution in [2.75, 3.05) is 20.8 Å². The summed E-state index contributed by atoms with van der Waals surface area (Å²) in [5, 5.41) is 1.93. The fraction of sp³-hybridized carbons (Fsp3) is 0.174. The van der Waals surface area contributed by atoms with E-state index in [1.807, 2.05) is 23.6 Å². The van der Waals surface area contributed by atoms with Gasteiger partial charge < -0.3 is 14.2 Å². The van der Waals surface area contributed by atoms with Crippen LogP contribution in [-0.2, 0) is 10.0 Å². The maximum Gasteiger partial charge on any atom is 1.00 e. The number of alkyl halides is 3. The Morgan fingerprint density at radius 2 is 1.71 bits per heavy atom. The quantitative estimate of drug-likeness (QED) is 0.240. The van der Waals surface area contributed by atoms with E-state index in [1.165, 1.54) is 36.7 Å². The summed E-state index contributed by atoms with van der Waals surface area (Å²) < 4.78 is 74.3. The molecule has 0 spiro atoms. The second-order valence-electron chi connectivity index (χ2n) is 6.87. The fourth-order valence-corrected chi connectivity index (χ4v) is 4.66. The van der Waals surface area contributed by atoms with Crippen molar-refractivity contribution in [3.05, 3.63) is 75.8 Å². The van der Waals surface area contributed by atoms with Gasteiger partial charge in [0, 0.05) is 32.5 Å². The van der Waals surface area contributed by atoms with Gasteiger partial charge in [-0.15, -0.1) is 11.3 Å². The van der Waals surface area contributed by atoms with Crippen LogP contribution in [0, 0.1) is 0 Å². The first-order valence-corrected chi connectivity index (χ1v) is 12.0. The molecule has 0 saturated heterocycles. The van der Waals surface area contributed by atoms with Crippen LogP contribution in [0.2, 0.25) is 0 Å². The van der Waals surface area contributed by atoms with Gasteiger partial charge in [-0.2, -0.15) is 13.2 Å². The van der Waals surface area contributed by atoms with Crippen molar-refractivity contribution in [3.8, 4) is 21.9 Å². The van der Waals surface area contributed by atoms with Gasteiger partial charge in [-0.1, -0.05) is 6.07 Å². The molecule has 6 nitrogen and oxygen atoms in total. The third-order valence-electron chi connectivity index (χ3n) is 4.60. The zero-order valence-electron chi connectivity index (χ0n) is 19.0. The van der Waals surface area contributed by atoms with Gasteiger partial charge in [-0.05, 0) is 60.5 Å². The van der Waals surface area contributed by atoms with Crippen molar-refractivity contribution in [1.82, 2.24) is 0 Å². The molecule has 3 aromatic rings. The monoisotopic (exact) mass is 533 g/mol. The number of benzene rings is 2. The van der Waals surface area contributed by atoms with Gasteiger partial charge in [-0.25, -0.2) is 8.42 Å². The minimum Gasteiger partial charge on any atom is -0.537 e. The van der Waals surface area contributed by atoms with Gasteiger partial charge >= 0.3 is 35.7 Å². The molecule has 180 valence electrons. The summed E-state index contributed by atoms with van der Waals surface area (Å²) in [4.78, 5) is 13.1. The zero-order valence-corrected chi connectivity index (χ0v) is 22.6. The van der Waals surface area contributed by atoms with Gasteiger partial charge in [0.25, 0.3) is 0 Å². The molecule has 1 aromatic heterocycles. The van der Waals surface area contributed by atoms with Crippen molar-refractivity contribution in [2.45, 2.75) is 11.1 Å². The van der Waals surface area contributed by atoms with Crippen LogP contribution in [0.25, 0.3) is 21.2 Å². The van der Waals surface area contributed by atoms with E-state index in [0.717, 1.165) is 22.6 Å². The van der Waals surface area contributed by atoms with E-state index in [0.29, 0.717) is 17.1 Å². The average Bonchev–Trinajstić information content (AvgIpc) is 3.35. The van der Waals surface area contributed by atoms with Crippen LogP contribution < -0.4 is 39.0 Å². The molecule has 0 bridgehead atoms. The summed E-state index contributed by atoms with van der Waals surface area (Å²) in [5.74, 6) is 0.649. The van der Waals surface area contributed by atoms with E-state index >= 15 is 0 Å². The topological polar surface area (TPSA) is 83.8 Å². The number of hydrogen-bond acceptors (Lipinski definition) is 6. The zero-order chi connectivity index (χ0) is 24.9. The van der Waals surface area contributed by atoms with Crippen molar-refractivity contribution >= 4 is 33.2 Å². The van der Waals surface area contributed by atoms with E-state index in [-0.39, 0.29) is 35.1 Å². The predicted molar refractivity (Wildman–Crippen MR) is 124 cm³/mol. The standard InChI is InChI=1S/C23H19F3NO5S2.Na/c1-31-20-13-21(32-2)18(22-4-3-11-33-22)12-16(20)7-10-19(28)15-5-8-17(9-6-15)34(29,30)27-14-23(24,25)26;/h3-13H,14H2,1-2H3;/q-1;+1/b10-7+;. The first-order valence-electron chi connectivity index (χ1n) is 9.67. The number of ether oxygens (including phenoxy) is 2. The summed E-state index contributed by atoms with van der Waals surface area (Å²) in [6, 6.07) is 11.9. The molecule has 0 aliphatic heterocycles. The molecule has 0 saturated carbocycles. The van der Waals surface area contributed by atoms with Crippen LogP contribution in [0.4, 0.5) is 13.2 Å². The minimum absolute atomic E-state index is 0. The molecular formula is C23H19F3NNaO5S2. The molecule has 12 heteroatoms. The number of thiophene rings is 1. The molecular weight excluding hydrogens is 514 g/mol. The van der Waals surface area contributed by atoms with Crippen LogP contribution in [0.5, 0.6) is 11.5 Å². The number of nitrogens with zero attached hydrogens (tertiary/aromatic N) is 1. The summed E-state index contributed by atoms with van der Waals surface area (Å²) in [6.07, 6.45) is -1.89. The number of allylic oxidation sites excluding steroid dienone is 1. The first-order chi connectivity index (χ1) is 16.0. The van der Waals surface area contributed by atoms with E-state index in [9.17, 15) is 26.4 Å². The van der Waals surface area contributed by atoms with Crippen LogP contribution in [0.1, 0.15) is 15.9 Å². The fourth-order valence-electron chi connectivity index (χ4n) is 2.96. The number of hydrogen-bond donors (Lipinski definition) is 0. The molecule has 0 amide bonds. The molecule has 35 heavy (non-hydrogen) atoms. The minimum atomic E-state index is -4.74. The van der Waals surface area contributed by atoms with E-state index in [2.05, 4.69) is 4.72 Å². The van der Waals surface area contributed by atoms with Crippen LogP contribution in [0.15, 0.2) is 64.9 Å². The van der Waals surface area contributed by atoms with Gasteiger partial charge in [0.15, 0.2) is 5.78 Å². The molecule has 0 radical (unpaired) electrons. The molecule has 0 N–H and O–H groups in total. The first kappa shape index (κ1) is 29.1. The third-order valence-corrected chi connectivity index (χ3v) is 6.84. The van der Waals surface area contributed by atoms with Crippen molar-refractivity contribution in [3.63, 3.8) is 0 Å². The Hall–Kier alpha value is -2.15. The molecule has 0 atom stereocenters. The smallest absolute Gasteiger partial charge is 0.537 e. The molecule has 2 aromatic carbocycles. The number of ketones is 1. The van der Waals surface area contributed by atoms with Gasteiger partial charge in [0.05, 0.1) is 14.2 Å². The average molecular weight is 534 g/mol. The number of rotatable bonds is 9. The summed E-state index contributed by atoms with van der Waals surface area (Å²) in [5.41, 5.74) is 1.59. The Labute approximate surface area is 227 Å². The van der Waals surface area contributed by atoms with Gasteiger partial charge in [0.1, 0.15) is 21.5 Å². The Kier molecular flexibility index (Phi) is 10.1. The number of halogens is 3. The number of methoxy groups -OCH3 is 2. The molecule has 0 fully saturated rings. The maximum atomic E-state index is 12.6. The molecule has 0 aliphatic carbocycles. The van der Waals surface area contributed by atoms with Crippen LogP contribution >= 0.6 is 11.3 Å². The van der Waals surface area contributed by atoms with E-state index in [1.54, 1.807) is 19.3 Å². The second-order valence-corrected chi connectivity index (χ2v) is 9.50. The SMILES string of the molecule is COc1cc(OC)c(-c2cccs2)cc1/C=C/C(=O)c1ccc(S(=O)(=O)[N-]CC(F)(F)F)cc1.[Na+]. The van der Waals surface area contributed by atoms with Crippen molar-refractivity contribution < 1.29 is 65.4 Å². The van der Waals surface area contributed by atoms with E-state index < -0.39 is 33.4 Å². The Balaban J connectivity index is 0.00000432. The normalized spacial score (nSPS) is 11.8. The summed E-state index contributed by atoms with van der Waals surface area (Å²) >= 11 is 1.53. The molecule has 3 rings (SSSR count).